The lowest BCUT2D eigenvalue weighted by molar-refractivity contribution is 0.0931. The van der Waals surface area contributed by atoms with Crippen LogP contribution in [0.25, 0.3) is 0 Å². The van der Waals surface area contributed by atoms with E-state index in [9.17, 15) is 9.90 Å². The van der Waals surface area contributed by atoms with Crippen LogP contribution >= 0.6 is 12.6 Å². The summed E-state index contributed by atoms with van der Waals surface area (Å²) in [4.78, 5) is 13.1. The number of ether oxygens (including phenoxy) is 1. The number of fused-ring (bicyclic) bond motifs is 2. The molecule has 4 heteroatoms. The van der Waals surface area contributed by atoms with Crippen molar-refractivity contribution in [3.63, 3.8) is 0 Å². The van der Waals surface area contributed by atoms with Crippen LogP contribution in [0.3, 0.4) is 0 Å². The van der Waals surface area contributed by atoms with Gasteiger partial charge in [-0.05, 0) is 29.7 Å². The molecule has 1 aliphatic heterocycles. The first-order valence-electron chi connectivity index (χ1n) is 6.34. The lowest BCUT2D eigenvalue weighted by Crippen LogP contribution is -2.14. The first kappa shape index (κ1) is 13.2. The number of thiol groups is 1. The normalized spacial score (nSPS) is 14.2. The van der Waals surface area contributed by atoms with Crippen LogP contribution in [0.1, 0.15) is 32.6 Å². The Bertz CT molecular complexity index is 707. The van der Waals surface area contributed by atoms with E-state index in [0.717, 1.165) is 11.1 Å². The van der Waals surface area contributed by atoms with Crippen molar-refractivity contribution in [1.29, 1.82) is 0 Å². The molecule has 3 rings (SSSR count). The standard InChI is InChI=1S/C16H14O3S/c1-9-13-8-19-7-10-4-2-3-5-11(10)16(18)12(13)6-14(20)15(9)17/h2-6,17,20H,7-8H2,1H3. The highest BCUT2D eigenvalue weighted by Gasteiger charge is 2.23. The summed E-state index contributed by atoms with van der Waals surface area (Å²) < 4.78 is 5.66. The van der Waals surface area contributed by atoms with E-state index in [1.807, 2.05) is 18.2 Å². The van der Waals surface area contributed by atoms with Gasteiger partial charge in [-0.2, -0.15) is 0 Å². The Balaban J connectivity index is 2.25. The van der Waals surface area contributed by atoms with Gasteiger partial charge in [0.1, 0.15) is 5.75 Å². The summed E-state index contributed by atoms with van der Waals surface area (Å²) >= 11 is 4.23. The quantitative estimate of drug-likeness (QED) is 0.731. The lowest BCUT2D eigenvalue weighted by Gasteiger charge is -2.19. The fourth-order valence-electron chi connectivity index (χ4n) is 2.49. The zero-order chi connectivity index (χ0) is 14.3. The second-order valence-corrected chi connectivity index (χ2v) is 5.36. The molecule has 0 spiro atoms. The second-order valence-electron chi connectivity index (χ2n) is 4.87. The topological polar surface area (TPSA) is 46.5 Å². The predicted octanol–water partition coefficient (Wildman–Crippen LogP) is 3.25. The van der Waals surface area contributed by atoms with E-state index in [0.29, 0.717) is 34.8 Å². The van der Waals surface area contributed by atoms with E-state index in [1.54, 1.807) is 19.1 Å². The molecule has 2 aromatic carbocycles. The SMILES string of the molecule is Cc1c(O)c(S)cc2c1COCc1ccccc1C2=O. The van der Waals surface area contributed by atoms with Crippen LogP contribution in [0.2, 0.25) is 0 Å². The molecule has 0 radical (unpaired) electrons. The Morgan fingerprint density at radius 3 is 2.75 bits per heavy atom. The van der Waals surface area contributed by atoms with Crippen LogP contribution in [-0.4, -0.2) is 10.9 Å². The van der Waals surface area contributed by atoms with Gasteiger partial charge in [-0.3, -0.25) is 4.79 Å². The summed E-state index contributed by atoms with van der Waals surface area (Å²) in [6.45, 7) is 2.48. The first-order valence-corrected chi connectivity index (χ1v) is 6.79. The summed E-state index contributed by atoms with van der Waals surface area (Å²) in [6, 6.07) is 9.05. The van der Waals surface area contributed by atoms with Gasteiger partial charge in [0, 0.05) is 16.0 Å². The maximum absolute atomic E-state index is 12.7. The second kappa shape index (κ2) is 4.96. The third-order valence-electron chi connectivity index (χ3n) is 3.67. The van der Waals surface area contributed by atoms with Crippen molar-refractivity contribution in [1.82, 2.24) is 0 Å². The minimum absolute atomic E-state index is 0.0442. The maximum atomic E-state index is 12.7. The summed E-state index contributed by atoms with van der Waals surface area (Å²) in [5.41, 5.74) is 3.47. The zero-order valence-corrected chi connectivity index (χ0v) is 11.9. The zero-order valence-electron chi connectivity index (χ0n) is 11.0. The molecule has 1 heterocycles. The minimum atomic E-state index is -0.0442. The number of ketones is 1. The van der Waals surface area contributed by atoms with Crippen molar-refractivity contribution >= 4 is 18.4 Å². The Morgan fingerprint density at radius 1 is 1.20 bits per heavy atom. The number of hydrogen-bond acceptors (Lipinski definition) is 4. The van der Waals surface area contributed by atoms with E-state index >= 15 is 0 Å². The van der Waals surface area contributed by atoms with Gasteiger partial charge < -0.3 is 9.84 Å². The number of carbonyl (C=O) groups is 1. The van der Waals surface area contributed by atoms with Crippen LogP contribution in [0.5, 0.6) is 5.75 Å². The Kier molecular flexibility index (Phi) is 3.28. The van der Waals surface area contributed by atoms with Gasteiger partial charge in [-0.25, -0.2) is 0 Å². The number of carbonyl (C=O) groups excluding carboxylic acids is 1. The highest BCUT2D eigenvalue weighted by molar-refractivity contribution is 7.80. The van der Waals surface area contributed by atoms with Gasteiger partial charge in [-0.15, -0.1) is 12.6 Å². The van der Waals surface area contributed by atoms with Crippen molar-refractivity contribution < 1.29 is 14.6 Å². The molecule has 102 valence electrons. The molecule has 0 saturated heterocycles. The highest BCUT2D eigenvalue weighted by Crippen LogP contribution is 2.34. The molecule has 0 bridgehead atoms. The molecule has 0 fully saturated rings. The molecule has 0 aromatic heterocycles. The van der Waals surface area contributed by atoms with Gasteiger partial charge in [0.15, 0.2) is 5.78 Å². The van der Waals surface area contributed by atoms with Crippen LogP contribution < -0.4 is 0 Å². The smallest absolute Gasteiger partial charge is 0.193 e. The molecule has 0 aliphatic carbocycles. The van der Waals surface area contributed by atoms with E-state index in [4.69, 9.17) is 4.74 Å². The Hall–Kier alpha value is -1.78. The number of hydrogen-bond donors (Lipinski definition) is 2. The van der Waals surface area contributed by atoms with Crippen LogP contribution in [-0.2, 0) is 18.0 Å². The monoisotopic (exact) mass is 286 g/mol. The van der Waals surface area contributed by atoms with E-state index < -0.39 is 0 Å². The minimum Gasteiger partial charge on any atom is -0.507 e. The number of phenolic OH excluding ortho intramolecular Hbond substituents is 1. The van der Waals surface area contributed by atoms with Crippen molar-refractivity contribution in [2.45, 2.75) is 25.0 Å². The van der Waals surface area contributed by atoms with Crippen LogP contribution in [0.4, 0.5) is 0 Å². The fourth-order valence-corrected chi connectivity index (χ4v) is 2.79. The van der Waals surface area contributed by atoms with E-state index in [2.05, 4.69) is 12.6 Å². The highest BCUT2D eigenvalue weighted by atomic mass is 32.1. The first-order chi connectivity index (χ1) is 9.59. The van der Waals surface area contributed by atoms with Crippen LogP contribution in [0.15, 0.2) is 35.2 Å². The third-order valence-corrected chi connectivity index (χ3v) is 4.01. The van der Waals surface area contributed by atoms with Gasteiger partial charge >= 0.3 is 0 Å². The summed E-state index contributed by atoms with van der Waals surface area (Å²) in [5.74, 6) is 0.0645. The van der Waals surface area contributed by atoms with Crippen LogP contribution in [0, 0.1) is 6.92 Å². The Morgan fingerprint density at radius 2 is 1.95 bits per heavy atom. The molecule has 3 nitrogen and oxygen atoms in total. The molecule has 1 aliphatic rings. The van der Waals surface area contributed by atoms with Gasteiger partial charge in [0.2, 0.25) is 0 Å². The fraction of sp³-hybridized carbons (Fsp3) is 0.188. The number of benzene rings is 2. The largest absolute Gasteiger partial charge is 0.507 e. The average Bonchev–Trinajstić information content (AvgIpc) is 2.45. The lowest BCUT2D eigenvalue weighted by atomic mass is 9.92. The molecule has 2 aromatic rings. The molecular weight excluding hydrogens is 272 g/mol. The number of aromatic hydroxyl groups is 1. The summed E-state index contributed by atoms with van der Waals surface area (Å²) in [5, 5.41) is 9.96. The van der Waals surface area contributed by atoms with E-state index in [1.165, 1.54) is 0 Å². The van der Waals surface area contributed by atoms with Crippen molar-refractivity contribution in [2.24, 2.45) is 0 Å². The van der Waals surface area contributed by atoms with Gasteiger partial charge in [-0.1, -0.05) is 24.3 Å². The molecule has 0 amide bonds. The van der Waals surface area contributed by atoms with Crippen molar-refractivity contribution in [3.8, 4) is 5.75 Å². The molecule has 0 saturated carbocycles. The molecule has 0 atom stereocenters. The third kappa shape index (κ3) is 2.01. The Labute approximate surface area is 122 Å². The summed E-state index contributed by atoms with van der Waals surface area (Å²) in [7, 11) is 0. The average molecular weight is 286 g/mol. The molecule has 20 heavy (non-hydrogen) atoms. The molecular formula is C16H14O3S. The van der Waals surface area contributed by atoms with E-state index in [-0.39, 0.29) is 11.5 Å². The predicted molar refractivity (Wildman–Crippen MR) is 78.5 cm³/mol. The van der Waals surface area contributed by atoms with Gasteiger partial charge in [0.25, 0.3) is 0 Å². The van der Waals surface area contributed by atoms with Crippen molar-refractivity contribution in [2.75, 3.05) is 0 Å². The summed E-state index contributed by atoms with van der Waals surface area (Å²) in [6.07, 6.45) is 0. The number of phenols is 1. The molecule has 1 N–H and O–H groups in total. The molecule has 0 unspecified atom stereocenters. The van der Waals surface area contributed by atoms with Gasteiger partial charge in [0.05, 0.1) is 13.2 Å². The van der Waals surface area contributed by atoms with Crippen molar-refractivity contribution in [3.05, 3.63) is 58.1 Å². The number of rotatable bonds is 0. The maximum Gasteiger partial charge on any atom is 0.193 e.